The Bertz CT molecular complexity index is 1320. The molecule has 0 aliphatic carbocycles. The molecule has 0 spiro atoms. The van der Waals surface area contributed by atoms with Crippen molar-refractivity contribution in [2.75, 3.05) is 23.8 Å². The van der Waals surface area contributed by atoms with E-state index in [1.165, 1.54) is 17.2 Å². The quantitative estimate of drug-likeness (QED) is 0.526. The zero-order valence-electron chi connectivity index (χ0n) is 17.3. The lowest BCUT2D eigenvalue weighted by atomic mass is 10.2. The molecule has 1 fully saturated rings. The third-order valence-corrected chi connectivity index (χ3v) is 5.32. The van der Waals surface area contributed by atoms with Gasteiger partial charge in [0.15, 0.2) is 17.3 Å². The maximum absolute atomic E-state index is 14.2. The van der Waals surface area contributed by atoms with Gasteiger partial charge in [0.2, 0.25) is 0 Å². The van der Waals surface area contributed by atoms with Crippen LogP contribution >= 0.6 is 0 Å². The first-order valence-corrected chi connectivity index (χ1v) is 10.1. The number of anilines is 2. The van der Waals surface area contributed by atoms with E-state index in [1.807, 2.05) is 13.0 Å². The highest BCUT2D eigenvalue weighted by atomic mass is 19.1. The molecule has 1 saturated heterocycles. The summed E-state index contributed by atoms with van der Waals surface area (Å²) in [6.07, 6.45) is 3.05. The van der Waals surface area contributed by atoms with Crippen molar-refractivity contribution in [3.8, 4) is 11.5 Å². The van der Waals surface area contributed by atoms with Gasteiger partial charge in [-0.25, -0.2) is 24.0 Å². The average Bonchev–Trinajstić information content (AvgIpc) is 3.16. The van der Waals surface area contributed by atoms with E-state index in [9.17, 15) is 9.18 Å². The lowest BCUT2D eigenvalue weighted by Gasteiger charge is -2.31. The van der Waals surface area contributed by atoms with E-state index in [4.69, 9.17) is 10.5 Å². The summed E-state index contributed by atoms with van der Waals surface area (Å²) in [4.78, 5) is 27.1. The molecule has 162 valence electrons. The minimum absolute atomic E-state index is 0.0148. The predicted molar refractivity (Wildman–Crippen MR) is 116 cm³/mol. The Labute approximate surface area is 182 Å². The fourth-order valence-electron chi connectivity index (χ4n) is 3.72. The maximum Gasteiger partial charge on any atom is 0.253 e. The first kappa shape index (κ1) is 20.0. The molecule has 9 nitrogen and oxygen atoms in total. The second-order valence-corrected chi connectivity index (χ2v) is 7.56. The van der Waals surface area contributed by atoms with Crippen LogP contribution in [0.3, 0.4) is 0 Å². The Balaban J connectivity index is 1.54. The number of nitrogen functional groups attached to an aromatic ring is 1. The summed E-state index contributed by atoms with van der Waals surface area (Å²) in [6, 6.07) is 10.2. The van der Waals surface area contributed by atoms with Crippen LogP contribution in [0.4, 0.5) is 15.9 Å². The Hall–Kier alpha value is -3.92. The number of ether oxygens (including phenoxy) is 1. The molecule has 0 bridgehead atoms. The van der Waals surface area contributed by atoms with Gasteiger partial charge in [0.25, 0.3) is 5.91 Å². The van der Waals surface area contributed by atoms with E-state index in [-0.39, 0.29) is 36.8 Å². The van der Waals surface area contributed by atoms with Crippen LogP contribution in [0, 0.1) is 5.82 Å². The molecular weight excluding hydrogens is 413 g/mol. The number of hydrogen-bond donors (Lipinski definition) is 1. The van der Waals surface area contributed by atoms with Crippen molar-refractivity contribution >= 4 is 28.4 Å². The summed E-state index contributed by atoms with van der Waals surface area (Å²) in [5.41, 5.74) is 8.18. The van der Waals surface area contributed by atoms with Crippen molar-refractivity contribution in [3.05, 3.63) is 60.2 Å². The van der Waals surface area contributed by atoms with Crippen molar-refractivity contribution < 1.29 is 13.9 Å². The molecule has 5 rings (SSSR count). The van der Waals surface area contributed by atoms with Gasteiger partial charge in [0.05, 0.1) is 30.8 Å². The number of nitrogens with two attached hydrogens (primary N) is 1. The highest BCUT2D eigenvalue weighted by Gasteiger charge is 2.27. The van der Waals surface area contributed by atoms with E-state index in [0.29, 0.717) is 40.3 Å². The fraction of sp³-hybridized carbons (Fsp3) is 0.227. The monoisotopic (exact) mass is 433 g/mol. The number of rotatable bonds is 4. The molecule has 0 radical (unpaired) electrons. The molecule has 4 heterocycles. The second-order valence-electron chi connectivity index (χ2n) is 7.56. The van der Waals surface area contributed by atoms with Gasteiger partial charge in [-0.1, -0.05) is 18.2 Å². The van der Waals surface area contributed by atoms with Crippen molar-refractivity contribution in [2.45, 2.75) is 19.6 Å². The van der Waals surface area contributed by atoms with Crippen molar-refractivity contribution in [3.63, 3.8) is 0 Å². The molecular formula is C22H20FN7O2. The summed E-state index contributed by atoms with van der Waals surface area (Å²) >= 11 is 0. The second kappa shape index (κ2) is 7.97. The van der Waals surface area contributed by atoms with Gasteiger partial charge in [-0.2, -0.15) is 5.10 Å². The van der Waals surface area contributed by atoms with Gasteiger partial charge in [-0.3, -0.25) is 4.79 Å². The van der Waals surface area contributed by atoms with Crippen molar-refractivity contribution in [1.29, 1.82) is 0 Å². The largest absolute Gasteiger partial charge is 0.382 e. The molecule has 2 N–H and O–H groups in total. The molecule has 3 aromatic heterocycles. The number of nitrogens with zero attached hydrogens (tertiary/aromatic N) is 6. The Morgan fingerprint density at radius 3 is 2.88 bits per heavy atom. The van der Waals surface area contributed by atoms with Gasteiger partial charge in [0, 0.05) is 11.8 Å². The normalized spacial score (nSPS) is 16.6. The molecule has 10 heteroatoms. The third-order valence-electron chi connectivity index (χ3n) is 5.32. The van der Waals surface area contributed by atoms with Crippen molar-refractivity contribution in [1.82, 2.24) is 24.7 Å². The zero-order valence-corrected chi connectivity index (χ0v) is 17.3. The van der Waals surface area contributed by atoms with Crippen LogP contribution in [0.15, 0.2) is 48.8 Å². The zero-order chi connectivity index (χ0) is 22.2. The van der Waals surface area contributed by atoms with E-state index < -0.39 is 0 Å². The number of carbonyl (C=O) groups excluding carboxylic acids is 1. The van der Waals surface area contributed by atoms with E-state index in [0.717, 1.165) is 0 Å². The average molecular weight is 433 g/mol. The summed E-state index contributed by atoms with van der Waals surface area (Å²) in [7, 11) is 0. The lowest BCUT2D eigenvalue weighted by molar-refractivity contribution is -0.128. The van der Waals surface area contributed by atoms with Crippen LogP contribution in [0.5, 0.6) is 0 Å². The van der Waals surface area contributed by atoms with E-state index in [2.05, 4.69) is 20.1 Å². The summed E-state index contributed by atoms with van der Waals surface area (Å²) in [5.74, 6) is -0.0544. The molecule has 1 unspecified atom stereocenters. The van der Waals surface area contributed by atoms with E-state index >= 15 is 0 Å². The van der Waals surface area contributed by atoms with Gasteiger partial charge in [-0.15, -0.1) is 0 Å². The van der Waals surface area contributed by atoms with Crippen LogP contribution < -0.4 is 10.6 Å². The topological polar surface area (TPSA) is 112 Å². The van der Waals surface area contributed by atoms with Crippen LogP contribution in [0.1, 0.15) is 12.5 Å². The number of fused-ring (bicyclic) bond motifs is 1. The number of halogens is 1. The number of amides is 1. The number of pyridine rings is 1. The smallest absolute Gasteiger partial charge is 0.253 e. The Kier molecular flexibility index (Phi) is 4.98. The highest BCUT2D eigenvalue weighted by Crippen LogP contribution is 2.29. The number of morpholine rings is 1. The van der Waals surface area contributed by atoms with Crippen LogP contribution in [-0.4, -0.2) is 49.9 Å². The Morgan fingerprint density at radius 2 is 2.06 bits per heavy atom. The minimum Gasteiger partial charge on any atom is -0.382 e. The summed E-state index contributed by atoms with van der Waals surface area (Å²) in [6.45, 7) is 2.44. The number of hydrogen-bond acceptors (Lipinski definition) is 7. The van der Waals surface area contributed by atoms with Gasteiger partial charge in [0.1, 0.15) is 23.8 Å². The van der Waals surface area contributed by atoms with Crippen LogP contribution in [0.25, 0.3) is 22.6 Å². The van der Waals surface area contributed by atoms with Gasteiger partial charge in [-0.05, 0) is 25.1 Å². The van der Waals surface area contributed by atoms with Gasteiger partial charge < -0.3 is 15.4 Å². The summed E-state index contributed by atoms with van der Waals surface area (Å²) < 4.78 is 21.2. The third kappa shape index (κ3) is 3.54. The summed E-state index contributed by atoms with van der Waals surface area (Å²) in [5, 5.41) is 5.33. The molecule has 32 heavy (non-hydrogen) atoms. The lowest BCUT2D eigenvalue weighted by Crippen LogP contribution is -2.46. The molecule has 0 saturated carbocycles. The first-order valence-electron chi connectivity index (χ1n) is 10.1. The standard InChI is InChI=1S/C22H20FN7O2/c1-13-10-29(18(31)12-32-13)17-9-26-21(27-20(17)24)19-15-6-4-8-25-22(15)30(28-19)11-14-5-2-3-7-16(14)23/h2-9,13H,10-12H2,1H3,(H2,24,26,27). The number of aromatic nitrogens is 5. The Morgan fingerprint density at radius 1 is 1.22 bits per heavy atom. The molecule has 1 amide bonds. The minimum atomic E-state index is -0.317. The first-order chi connectivity index (χ1) is 15.5. The molecule has 1 aliphatic rings. The molecule has 1 aliphatic heterocycles. The molecule has 1 aromatic carbocycles. The van der Waals surface area contributed by atoms with E-state index in [1.54, 1.807) is 35.1 Å². The number of benzene rings is 1. The fourth-order valence-corrected chi connectivity index (χ4v) is 3.72. The van der Waals surface area contributed by atoms with Gasteiger partial charge >= 0.3 is 0 Å². The van der Waals surface area contributed by atoms with Crippen LogP contribution in [0.2, 0.25) is 0 Å². The predicted octanol–water partition coefficient (Wildman–Crippen LogP) is 2.41. The maximum atomic E-state index is 14.2. The highest BCUT2D eigenvalue weighted by molar-refractivity contribution is 5.97. The number of carbonyl (C=O) groups is 1. The SMILES string of the molecule is CC1CN(c2cnc(-c3nn(Cc4ccccc4F)c4ncccc34)nc2N)C(=O)CO1. The molecule has 1 atom stereocenters. The van der Waals surface area contributed by atoms with Crippen LogP contribution in [-0.2, 0) is 16.1 Å². The van der Waals surface area contributed by atoms with Crippen molar-refractivity contribution in [2.24, 2.45) is 0 Å². The molecule has 4 aromatic rings.